The number of carbonyl (C=O) groups excluding carboxylic acids is 1. The van der Waals surface area contributed by atoms with E-state index in [0.717, 1.165) is 38.1 Å². The Morgan fingerprint density at radius 1 is 1.58 bits per heavy atom. The average Bonchev–Trinajstić information content (AvgIpc) is 2.85. The van der Waals surface area contributed by atoms with Crippen molar-refractivity contribution in [1.82, 2.24) is 14.7 Å². The number of aryl methyl sites for hydroxylation is 1. The van der Waals surface area contributed by atoms with Gasteiger partial charge in [-0.2, -0.15) is 5.10 Å². The molecule has 6 heteroatoms. The van der Waals surface area contributed by atoms with Gasteiger partial charge in [0.25, 0.3) is 0 Å². The van der Waals surface area contributed by atoms with E-state index in [1.807, 2.05) is 18.9 Å². The van der Waals surface area contributed by atoms with Crippen molar-refractivity contribution in [3.8, 4) is 0 Å². The van der Waals surface area contributed by atoms with Crippen molar-refractivity contribution in [2.24, 2.45) is 12.8 Å². The molecule has 106 valence electrons. The van der Waals surface area contributed by atoms with E-state index in [1.54, 1.807) is 17.1 Å². The summed E-state index contributed by atoms with van der Waals surface area (Å²) in [6.07, 6.45) is 5.49. The zero-order chi connectivity index (χ0) is 13.8. The number of hydrogen-bond donors (Lipinski definition) is 1. The van der Waals surface area contributed by atoms with Gasteiger partial charge in [0, 0.05) is 38.5 Å². The van der Waals surface area contributed by atoms with E-state index >= 15 is 0 Å². The van der Waals surface area contributed by atoms with Crippen LogP contribution in [0.15, 0.2) is 12.4 Å². The number of carbonyl (C=O) groups is 1. The second-order valence-corrected chi connectivity index (χ2v) is 4.90. The summed E-state index contributed by atoms with van der Waals surface area (Å²) >= 11 is 0. The third-order valence-corrected chi connectivity index (χ3v) is 3.51. The van der Waals surface area contributed by atoms with Gasteiger partial charge >= 0.3 is 0 Å². The number of hydrogen-bond acceptors (Lipinski definition) is 4. The number of nitrogens with two attached hydrogens (primary N) is 1. The number of rotatable bonds is 4. The van der Waals surface area contributed by atoms with E-state index in [2.05, 4.69) is 5.10 Å². The van der Waals surface area contributed by atoms with Crippen LogP contribution >= 0.6 is 0 Å². The SMILES string of the molecule is CCOC1CCN(C(=O)C(N)c2cnn(C)c2)CC1. The van der Waals surface area contributed by atoms with Gasteiger partial charge in [0.2, 0.25) is 5.91 Å². The maximum absolute atomic E-state index is 12.3. The Bertz CT molecular complexity index is 424. The van der Waals surface area contributed by atoms with Gasteiger partial charge in [-0.15, -0.1) is 0 Å². The van der Waals surface area contributed by atoms with E-state index < -0.39 is 6.04 Å². The first-order chi connectivity index (χ1) is 9.11. The molecule has 6 nitrogen and oxygen atoms in total. The summed E-state index contributed by atoms with van der Waals surface area (Å²) in [6, 6.07) is -0.614. The Labute approximate surface area is 113 Å². The van der Waals surface area contributed by atoms with Crippen LogP contribution in [0.2, 0.25) is 0 Å². The molecule has 1 aliphatic rings. The molecule has 1 amide bonds. The number of aromatic nitrogens is 2. The molecule has 1 saturated heterocycles. The Kier molecular flexibility index (Phi) is 4.55. The number of piperidine rings is 1. The van der Waals surface area contributed by atoms with Crippen LogP contribution in [-0.4, -0.2) is 46.4 Å². The molecule has 1 unspecified atom stereocenters. The maximum atomic E-state index is 12.3. The highest BCUT2D eigenvalue weighted by Gasteiger charge is 2.27. The Morgan fingerprint density at radius 2 is 2.26 bits per heavy atom. The lowest BCUT2D eigenvalue weighted by Gasteiger charge is -2.33. The molecule has 2 heterocycles. The fraction of sp³-hybridized carbons (Fsp3) is 0.692. The Hall–Kier alpha value is -1.40. The van der Waals surface area contributed by atoms with Crippen molar-refractivity contribution in [2.45, 2.75) is 31.9 Å². The first kappa shape index (κ1) is 14.0. The van der Waals surface area contributed by atoms with Crippen LogP contribution in [0.5, 0.6) is 0 Å². The smallest absolute Gasteiger partial charge is 0.244 e. The number of likely N-dealkylation sites (tertiary alicyclic amines) is 1. The normalized spacial score (nSPS) is 18.6. The quantitative estimate of drug-likeness (QED) is 0.858. The second-order valence-electron chi connectivity index (χ2n) is 4.90. The van der Waals surface area contributed by atoms with Crippen molar-refractivity contribution < 1.29 is 9.53 Å². The van der Waals surface area contributed by atoms with Gasteiger partial charge in [0.15, 0.2) is 0 Å². The molecule has 2 N–H and O–H groups in total. The molecule has 1 aromatic heterocycles. The van der Waals surface area contributed by atoms with Gasteiger partial charge in [0.1, 0.15) is 6.04 Å². The third kappa shape index (κ3) is 3.33. The summed E-state index contributed by atoms with van der Waals surface area (Å²) in [6.45, 7) is 4.17. The lowest BCUT2D eigenvalue weighted by molar-refractivity contribution is -0.135. The molecule has 1 atom stereocenters. The standard InChI is InChI=1S/C13H22N4O2/c1-3-19-11-4-6-17(7-5-11)13(18)12(14)10-8-15-16(2)9-10/h8-9,11-12H,3-7,14H2,1-2H3. The minimum atomic E-state index is -0.614. The number of ether oxygens (including phenoxy) is 1. The predicted molar refractivity (Wildman–Crippen MR) is 71.4 cm³/mol. The second kappa shape index (κ2) is 6.16. The van der Waals surface area contributed by atoms with Crippen LogP contribution in [0, 0.1) is 0 Å². The van der Waals surface area contributed by atoms with Gasteiger partial charge in [-0.3, -0.25) is 9.48 Å². The zero-order valence-corrected chi connectivity index (χ0v) is 11.6. The predicted octanol–water partition coefficient (Wildman–Crippen LogP) is 0.447. The van der Waals surface area contributed by atoms with Crippen LogP contribution < -0.4 is 5.73 Å². The van der Waals surface area contributed by atoms with Gasteiger partial charge < -0.3 is 15.4 Å². The monoisotopic (exact) mass is 266 g/mol. The molecule has 1 aromatic rings. The summed E-state index contributed by atoms with van der Waals surface area (Å²) < 4.78 is 7.23. The fourth-order valence-electron chi connectivity index (χ4n) is 2.42. The van der Waals surface area contributed by atoms with Crippen molar-refractivity contribution in [1.29, 1.82) is 0 Å². The van der Waals surface area contributed by atoms with E-state index in [0.29, 0.717) is 0 Å². The molecule has 1 fully saturated rings. The Balaban J connectivity index is 1.90. The summed E-state index contributed by atoms with van der Waals surface area (Å²) in [5.41, 5.74) is 6.76. The highest BCUT2D eigenvalue weighted by atomic mass is 16.5. The van der Waals surface area contributed by atoms with Crippen LogP contribution in [0.3, 0.4) is 0 Å². The largest absolute Gasteiger partial charge is 0.378 e. The third-order valence-electron chi connectivity index (χ3n) is 3.51. The van der Waals surface area contributed by atoms with Gasteiger partial charge in [-0.05, 0) is 19.8 Å². The molecule has 0 bridgehead atoms. The maximum Gasteiger partial charge on any atom is 0.244 e. The molecule has 2 rings (SSSR count). The van der Waals surface area contributed by atoms with Crippen molar-refractivity contribution in [3.05, 3.63) is 18.0 Å². The molecular formula is C13H22N4O2. The lowest BCUT2D eigenvalue weighted by Crippen LogP contribution is -2.44. The van der Waals surface area contributed by atoms with Crippen molar-refractivity contribution >= 4 is 5.91 Å². The summed E-state index contributed by atoms with van der Waals surface area (Å²) in [4.78, 5) is 14.1. The lowest BCUT2D eigenvalue weighted by atomic mass is 10.1. The first-order valence-corrected chi connectivity index (χ1v) is 6.76. The molecular weight excluding hydrogens is 244 g/mol. The highest BCUT2D eigenvalue weighted by molar-refractivity contribution is 5.83. The van der Waals surface area contributed by atoms with Crippen molar-refractivity contribution in [3.63, 3.8) is 0 Å². The van der Waals surface area contributed by atoms with Crippen molar-refractivity contribution in [2.75, 3.05) is 19.7 Å². The van der Waals surface area contributed by atoms with Crippen LogP contribution in [0.4, 0.5) is 0 Å². The Morgan fingerprint density at radius 3 is 2.79 bits per heavy atom. The first-order valence-electron chi connectivity index (χ1n) is 6.76. The van der Waals surface area contributed by atoms with Gasteiger partial charge in [0.05, 0.1) is 12.3 Å². The van der Waals surface area contributed by atoms with E-state index in [9.17, 15) is 4.79 Å². The van der Waals surface area contributed by atoms with Gasteiger partial charge in [-0.1, -0.05) is 0 Å². The number of amides is 1. The number of nitrogens with zero attached hydrogens (tertiary/aromatic N) is 3. The highest BCUT2D eigenvalue weighted by Crippen LogP contribution is 2.18. The average molecular weight is 266 g/mol. The molecule has 19 heavy (non-hydrogen) atoms. The molecule has 0 spiro atoms. The summed E-state index contributed by atoms with van der Waals surface area (Å²) in [5, 5.41) is 4.05. The molecule has 0 aliphatic carbocycles. The fourth-order valence-corrected chi connectivity index (χ4v) is 2.42. The summed E-state index contributed by atoms with van der Waals surface area (Å²) in [7, 11) is 1.81. The molecule has 0 saturated carbocycles. The van der Waals surface area contributed by atoms with Crippen LogP contribution in [0.25, 0.3) is 0 Å². The van der Waals surface area contributed by atoms with E-state index in [-0.39, 0.29) is 12.0 Å². The topological polar surface area (TPSA) is 73.4 Å². The van der Waals surface area contributed by atoms with Crippen LogP contribution in [0.1, 0.15) is 31.4 Å². The summed E-state index contributed by atoms with van der Waals surface area (Å²) in [5.74, 6) is -0.0250. The molecule has 1 aliphatic heterocycles. The van der Waals surface area contributed by atoms with Gasteiger partial charge in [-0.25, -0.2) is 0 Å². The minimum Gasteiger partial charge on any atom is -0.378 e. The van der Waals surface area contributed by atoms with E-state index in [4.69, 9.17) is 10.5 Å². The van der Waals surface area contributed by atoms with E-state index in [1.165, 1.54) is 0 Å². The molecule has 0 radical (unpaired) electrons. The van der Waals surface area contributed by atoms with Crippen LogP contribution in [-0.2, 0) is 16.6 Å². The molecule has 0 aromatic carbocycles. The zero-order valence-electron chi connectivity index (χ0n) is 11.6. The minimum absolute atomic E-state index is 0.0250.